The fraction of sp³-hybridized carbons (Fsp3) is 0.647. The SMILES string of the molecule is Cc1cccc(CN(C)CCNC(C)C2CCCO2)c1. The van der Waals surface area contributed by atoms with Crippen molar-refractivity contribution in [3.05, 3.63) is 35.4 Å². The number of hydrogen-bond acceptors (Lipinski definition) is 3. The quantitative estimate of drug-likeness (QED) is 0.828. The Morgan fingerprint density at radius 2 is 2.30 bits per heavy atom. The zero-order valence-electron chi connectivity index (χ0n) is 13.1. The molecule has 1 heterocycles. The summed E-state index contributed by atoms with van der Waals surface area (Å²) in [6, 6.07) is 9.21. The van der Waals surface area contributed by atoms with E-state index in [1.807, 2.05) is 0 Å². The maximum absolute atomic E-state index is 5.70. The summed E-state index contributed by atoms with van der Waals surface area (Å²) in [6.07, 6.45) is 2.83. The highest BCUT2D eigenvalue weighted by atomic mass is 16.5. The third kappa shape index (κ3) is 4.89. The Kier molecular flexibility index (Phi) is 6.02. The normalized spacial score (nSPS) is 20.5. The lowest BCUT2D eigenvalue weighted by molar-refractivity contribution is 0.0829. The number of nitrogens with one attached hydrogen (secondary N) is 1. The van der Waals surface area contributed by atoms with Crippen molar-refractivity contribution in [3.8, 4) is 0 Å². The van der Waals surface area contributed by atoms with Crippen molar-refractivity contribution >= 4 is 0 Å². The predicted octanol–water partition coefficient (Wildman–Crippen LogP) is 2.58. The summed E-state index contributed by atoms with van der Waals surface area (Å²) in [5.74, 6) is 0. The van der Waals surface area contributed by atoms with Gasteiger partial charge in [-0.15, -0.1) is 0 Å². The van der Waals surface area contributed by atoms with Gasteiger partial charge in [0.05, 0.1) is 6.10 Å². The molecule has 20 heavy (non-hydrogen) atoms. The lowest BCUT2D eigenvalue weighted by Crippen LogP contribution is -2.40. The van der Waals surface area contributed by atoms with E-state index in [4.69, 9.17) is 4.74 Å². The number of aryl methyl sites for hydroxylation is 1. The molecule has 2 unspecified atom stereocenters. The molecule has 0 saturated carbocycles. The van der Waals surface area contributed by atoms with Crippen molar-refractivity contribution in [2.24, 2.45) is 0 Å². The van der Waals surface area contributed by atoms with Crippen LogP contribution in [-0.2, 0) is 11.3 Å². The van der Waals surface area contributed by atoms with Crippen LogP contribution in [0, 0.1) is 6.92 Å². The number of ether oxygens (including phenoxy) is 1. The van der Waals surface area contributed by atoms with Crippen LogP contribution in [0.2, 0.25) is 0 Å². The minimum Gasteiger partial charge on any atom is -0.377 e. The van der Waals surface area contributed by atoms with Gasteiger partial charge in [-0.05, 0) is 39.3 Å². The standard InChI is InChI=1S/C17H28N2O/c1-14-6-4-7-16(12-14)13-19(3)10-9-18-15(2)17-8-5-11-20-17/h4,6-7,12,15,17-18H,5,8-11,13H2,1-3H3. The van der Waals surface area contributed by atoms with E-state index >= 15 is 0 Å². The van der Waals surface area contributed by atoms with Gasteiger partial charge in [-0.1, -0.05) is 29.8 Å². The Labute approximate surface area is 123 Å². The molecule has 0 bridgehead atoms. The zero-order valence-corrected chi connectivity index (χ0v) is 13.1. The molecule has 1 saturated heterocycles. The summed E-state index contributed by atoms with van der Waals surface area (Å²) < 4.78 is 5.70. The Balaban J connectivity index is 1.65. The molecule has 1 aliphatic heterocycles. The van der Waals surface area contributed by atoms with Gasteiger partial charge in [-0.25, -0.2) is 0 Å². The molecular weight excluding hydrogens is 248 g/mol. The molecule has 0 spiro atoms. The fourth-order valence-electron chi connectivity index (χ4n) is 2.81. The van der Waals surface area contributed by atoms with Crippen molar-refractivity contribution in [1.29, 1.82) is 0 Å². The van der Waals surface area contributed by atoms with Crippen LogP contribution in [0.5, 0.6) is 0 Å². The highest BCUT2D eigenvalue weighted by Gasteiger charge is 2.21. The van der Waals surface area contributed by atoms with E-state index in [-0.39, 0.29) is 0 Å². The van der Waals surface area contributed by atoms with Gasteiger partial charge in [0.15, 0.2) is 0 Å². The molecule has 3 heteroatoms. The van der Waals surface area contributed by atoms with E-state index in [0.29, 0.717) is 12.1 Å². The molecule has 0 amide bonds. The van der Waals surface area contributed by atoms with Gasteiger partial charge < -0.3 is 15.0 Å². The number of nitrogens with zero attached hydrogens (tertiary/aromatic N) is 1. The lowest BCUT2D eigenvalue weighted by atomic mass is 10.1. The Bertz CT molecular complexity index is 402. The monoisotopic (exact) mass is 276 g/mol. The molecule has 0 aliphatic carbocycles. The minimum absolute atomic E-state index is 0.414. The highest BCUT2D eigenvalue weighted by molar-refractivity contribution is 5.21. The third-order valence-corrected chi connectivity index (χ3v) is 4.02. The van der Waals surface area contributed by atoms with Crippen molar-refractivity contribution in [2.45, 2.75) is 45.4 Å². The average Bonchev–Trinajstić information content (AvgIpc) is 2.92. The van der Waals surface area contributed by atoms with Gasteiger partial charge in [-0.3, -0.25) is 0 Å². The second-order valence-electron chi connectivity index (χ2n) is 6.02. The van der Waals surface area contributed by atoms with Gasteiger partial charge in [-0.2, -0.15) is 0 Å². The maximum atomic E-state index is 5.70. The Morgan fingerprint density at radius 1 is 1.45 bits per heavy atom. The summed E-state index contributed by atoms with van der Waals surface area (Å²) in [5, 5.41) is 3.59. The minimum atomic E-state index is 0.414. The summed E-state index contributed by atoms with van der Waals surface area (Å²) in [7, 11) is 2.18. The summed E-state index contributed by atoms with van der Waals surface area (Å²) in [5.41, 5.74) is 2.72. The zero-order chi connectivity index (χ0) is 14.4. The fourth-order valence-corrected chi connectivity index (χ4v) is 2.81. The second kappa shape index (κ2) is 7.77. The molecule has 1 aromatic rings. The molecule has 2 rings (SSSR count). The van der Waals surface area contributed by atoms with Gasteiger partial charge in [0.2, 0.25) is 0 Å². The van der Waals surface area contributed by atoms with Crippen molar-refractivity contribution in [3.63, 3.8) is 0 Å². The third-order valence-electron chi connectivity index (χ3n) is 4.02. The lowest BCUT2D eigenvalue weighted by Gasteiger charge is -2.22. The largest absolute Gasteiger partial charge is 0.377 e. The van der Waals surface area contributed by atoms with Crippen LogP contribution >= 0.6 is 0 Å². The molecule has 1 aromatic carbocycles. The van der Waals surface area contributed by atoms with Gasteiger partial charge >= 0.3 is 0 Å². The smallest absolute Gasteiger partial charge is 0.0726 e. The van der Waals surface area contributed by atoms with E-state index in [2.05, 4.69) is 55.4 Å². The Morgan fingerprint density at radius 3 is 3.00 bits per heavy atom. The molecular formula is C17H28N2O. The molecule has 1 N–H and O–H groups in total. The molecule has 1 fully saturated rings. The second-order valence-corrected chi connectivity index (χ2v) is 6.02. The number of rotatable bonds is 7. The topological polar surface area (TPSA) is 24.5 Å². The average molecular weight is 276 g/mol. The van der Waals surface area contributed by atoms with Crippen LogP contribution in [0.25, 0.3) is 0 Å². The van der Waals surface area contributed by atoms with Crippen LogP contribution in [0.15, 0.2) is 24.3 Å². The van der Waals surface area contributed by atoms with Crippen LogP contribution in [0.1, 0.15) is 30.9 Å². The first-order chi connectivity index (χ1) is 9.65. The number of hydrogen-bond donors (Lipinski definition) is 1. The van der Waals surface area contributed by atoms with Crippen molar-refractivity contribution in [2.75, 3.05) is 26.7 Å². The van der Waals surface area contributed by atoms with E-state index in [9.17, 15) is 0 Å². The summed E-state index contributed by atoms with van der Waals surface area (Å²) in [4.78, 5) is 2.37. The predicted molar refractivity (Wildman–Crippen MR) is 84.0 cm³/mol. The van der Waals surface area contributed by atoms with Crippen LogP contribution in [0.3, 0.4) is 0 Å². The van der Waals surface area contributed by atoms with Gasteiger partial charge in [0.25, 0.3) is 0 Å². The number of likely N-dealkylation sites (N-methyl/N-ethyl adjacent to an activating group) is 1. The van der Waals surface area contributed by atoms with E-state index < -0.39 is 0 Å². The van der Waals surface area contributed by atoms with E-state index in [0.717, 1.165) is 26.2 Å². The molecule has 112 valence electrons. The van der Waals surface area contributed by atoms with Crippen LogP contribution < -0.4 is 5.32 Å². The maximum Gasteiger partial charge on any atom is 0.0726 e. The first-order valence-corrected chi connectivity index (χ1v) is 7.74. The van der Waals surface area contributed by atoms with Crippen molar-refractivity contribution in [1.82, 2.24) is 10.2 Å². The van der Waals surface area contributed by atoms with E-state index in [1.165, 1.54) is 24.0 Å². The summed E-state index contributed by atoms with van der Waals surface area (Å²) >= 11 is 0. The summed E-state index contributed by atoms with van der Waals surface area (Å²) in [6.45, 7) is 8.40. The van der Waals surface area contributed by atoms with E-state index in [1.54, 1.807) is 0 Å². The molecule has 2 atom stereocenters. The molecule has 0 aromatic heterocycles. The molecule has 1 aliphatic rings. The first kappa shape index (κ1) is 15.5. The Hall–Kier alpha value is -0.900. The van der Waals surface area contributed by atoms with Gasteiger partial charge in [0.1, 0.15) is 0 Å². The molecule has 3 nitrogen and oxygen atoms in total. The highest BCUT2D eigenvalue weighted by Crippen LogP contribution is 2.15. The first-order valence-electron chi connectivity index (χ1n) is 7.74. The number of benzene rings is 1. The van der Waals surface area contributed by atoms with Crippen LogP contribution in [-0.4, -0.2) is 43.8 Å². The van der Waals surface area contributed by atoms with Crippen molar-refractivity contribution < 1.29 is 4.74 Å². The van der Waals surface area contributed by atoms with Gasteiger partial charge in [0, 0.05) is 32.3 Å². The van der Waals surface area contributed by atoms with Crippen LogP contribution in [0.4, 0.5) is 0 Å². The molecule has 0 radical (unpaired) electrons.